The van der Waals surface area contributed by atoms with Crippen molar-refractivity contribution in [1.82, 2.24) is 5.32 Å². The van der Waals surface area contributed by atoms with E-state index in [2.05, 4.69) is 21.2 Å². The lowest BCUT2D eigenvalue weighted by molar-refractivity contribution is -0.120. The molecular weight excluding hydrogens is 327 g/mol. The maximum absolute atomic E-state index is 13.9. The molecule has 0 radical (unpaired) electrons. The number of nitrogens with one attached hydrogen (secondary N) is 1. The highest BCUT2D eigenvalue weighted by atomic mass is 79.9. The Morgan fingerprint density at radius 1 is 1.55 bits per heavy atom. The zero-order chi connectivity index (χ0) is 14.5. The molecule has 1 saturated heterocycles. The summed E-state index contributed by atoms with van der Waals surface area (Å²) >= 11 is 3.19. The Labute approximate surface area is 126 Å². The third kappa shape index (κ3) is 4.01. The van der Waals surface area contributed by atoms with Gasteiger partial charge in [-0.15, -0.1) is 0 Å². The molecule has 0 aromatic heterocycles. The van der Waals surface area contributed by atoms with E-state index in [9.17, 15) is 9.18 Å². The average molecular weight is 345 g/mol. The molecule has 1 heterocycles. The minimum Gasteiger partial charge on any atom is -0.377 e. The summed E-state index contributed by atoms with van der Waals surface area (Å²) in [5.74, 6) is -1.05. The highest BCUT2D eigenvalue weighted by Gasteiger charge is 2.23. The molecule has 0 saturated carbocycles. The molecule has 1 aliphatic heterocycles. The predicted molar refractivity (Wildman–Crippen MR) is 77.6 cm³/mol. The molecule has 6 heteroatoms. The molecule has 1 aliphatic rings. The Bertz CT molecular complexity index is 478. The van der Waals surface area contributed by atoms with Gasteiger partial charge in [-0.1, -0.05) is 22.0 Å². The highest BCUT2D eigenvalue weighted by molar-refractivity contribution is 9.10. The zero-order valence-corrected chi connectivity index (χ0v) is 12.7. The van der Waals surface area contributed by atoms with E-state index < -0.39 is 17.8 Å². The summed E-state index contributed by atoms with van der Waals surface area (Å²) in [4.78, 5) is 11.6. The summed E-state index contributed by atoms with van der Waals surface area (Å²) in [7, 11) is 0. The lowest BCUT2D eigenvalue weighted by atomic mass is 10.0. The molecule has 2 atom stereocenters. The van der Waals surface area contributed by atoms with Crippen molar-refractivity contribution in [2.24, 2.45) is 5.73 Å². The van der Waals surface area contributed by atoms with E-state index in [0.29, 0.717) is 11.0 Å². The fraction of sp³-hybridized carbons (Fsp3) is 0.500. The topological polar surface area (TPSA) is 64.4 Å². The number of nitrogens with two attached hydrogens (primary N) is 1. The van der Waals surface area contributed by atoms with Crippen LogP contribution in [0, 0.1) is 5.82 Å². The van der Waals surface area contributed by atoms with Gasteiger partial charge >= 0.3 is 0 Å². The van der Waals surface area contributed by atoms with Crippen LogP contribution in [0.1, 0.15) is 30.9 Å². The Morgan fingerprint density at radius 3 is 2.95 bits per heavy atom. The average Bonchev–Trinajstić information content (AvgIpc) is 2.42. The molecule has 4 nitrogen and oxygen atoms in total. The van der Waals surface area contributed by atoms with Crippen molar-refractivity contribution in [3.05, 3.63) is 34.1 Å². The summed E-state index contributed by atoms with van der Waals surface area (Å²) in [6.45, 7) is 1.23. The Kier molecular flexibility index (Phi) is 5.51. The SMILES string of the molecule is NC(=O)[C@@H](NC[C@H]1CCCCO1)c1ccc(Br)cc1F. The van der Waals surface area contributed by atoms with Gasteiger partial charge in [0.2, 0.25) is 5.91 Å². The fourth-order valence-corrected chi connectivity index (χ4v) is 2.65. The van der Waals surface area contributed by atoms with Crippen molar-refractivity contribution < 1.29 is 13.9 Å². The lowest BCUT2D eigenvalue weighted by Gasteiger charge is -2.25. The van der Waals surface area contributed by atoms with E-state index in [-0.39, 0.29) is 11.7 Å². The number of benzene rings is 1. The molecule has 2 rings (SSSR count). The number of carbonyl (C=O) groups excluding carboxylic acids is 1. The molecule has 1 aromatic carbocycles. The van der Waals surface area contributed by atoms with Gasteiger partial charge in [0, 0.05) is 23.2 Å². The van der Waals surface area contributed by atoms with Gasteiger partial charge in [0.05, 0.1) is 6.10 Å². The first kappa shape index (κ1) is 15.4. The molecule has 0 unspecified atom stereocenters. The maximum atomic E-state index is 13.9. The first-order chi connectivity index (χ1) is 9.58. The molecular formula is C14H18BrFN2O2. The van der Waals surface area contributed by atoms with E-state index in [1.165, 1.54) is 6.07 Å². The first-order valence-electron chi connectivity index (χ1n) is 6.67. The summed E-state index contributed by atoms with van der Waals surface area (Å²) in [5, 5.41) is 3.01. The minimum absolute atomic E-state index is 0.0594. The van der Waals surface area contributed by atoms with E-state index in [4.69, 9.17) is 10.5 Å². The number of amides is 1. The van der Waals surface area contributed by atoms with Gasteiger partial charge in [-0.2, -0.15) is 0 Å². The molecule has 20 heavy (non-hydrogen) atoms. The van der Waals surface area contributed by atoms with Gasteiger partial charge < -0.3 is 10.5 Å². The Balaban J connectivity index is 2.04. The number of hydrogen-bond donors (Lipinski definition) is 2. The van der Waals surface area contributed by atoms with Gasteiger partial charge in [-0.25, -0.2) is 4.39 Å². The summed E-state index contributed by atoms with van der Waals surface area (Å²) in [6, 6.07) is 3.73. The lowest BCUT2D eigenvalue weighted by Crippen LogP contribution is -2.40. The normalized spacial score (nSPS) is 20.6. The van der Waals surface area contributed by atoms with Gasteiger partial charge in [-0.3, -0.25) is 10.1 Å². The van der Waals surface area contributed by atoms with E-state index in [1.54, 1.807) is 12.1 Å². The molecule has 1 aromatic rings. The summed E-state index contributed by atoms with van der Waals surface area (Å²) in [5.41, 5.74) is 5.63. The van der Waals surface area contributed by atoms with Crippen molar-refractivity contribution in [3.8, 4) is 0 Å². The van der Waals surface area contributed by atoms with E-state index in [1.807, 2.05) is 0 Å². The van der Waals surface area contributed by atoms with Crippen LogP contribution in [0.25, 0.3) is 0 Å². The number of hydrogen-bond acceptors (Lipinski definition) is 3. The van der Waals surface area contributed by atoms with Crippen molar-refractivity contribution in [3.63, 3.8) is 0 Å². The second-order valence-electron chi connectivity index (χ2n) is 4.90. The van der Waals surface area contributed by atoms with Crippen LogP contribution in [0.5, 0.6) is 0 Å². The zero-order valence-electron chi connectivity index (χ0n) is 11.1. The molecule has 1 amide bonds. The maximum Gasteiger partial charge on any atom is 0.239 e. The third-order valence-electron chi connectivity index (χ3n) is 3.38. The molecule has 3 N–H and O–H groups in total. The minimum atomic E-state index is -0.839. The van der Waals surface area contributed by atoms with Crippen LogP contribution >= 0.6 is 15.9 Å². The van der Waals surface area contributed by atoms with Crippen LogP contribution in [0.3, 0.4) is 0 Å². The number of rotatable bonds is 5. The van der Waals surface area contributed by atoms with Crippen LogP contribution in [-0.4, -0.2) is 25.2 Å². The largest absolute Gasteiger partial charge is 0.377 e. The predicted octanol–water partition coefficient (Wildman–Crippen LogP) is 2.27. The standard InChI is InChI=1S/C14H18BrFN2O2/c15-9-4-5-11(12(16)7-9)13(14(17)19)18-8-10-3-1-2-6-20-10/h4-5,7,10,13,18H,1-3,6,8H2,(H2,17,19)/t10-,13+/m1/s1. The van der Waals surface area contributed by atoms with Crippen molar-refractivity contribution in [2.75, 3.05) is 13.2 Å². The number of primary amides is 1. The number of ether oxygens (including phenoxy) is 1. The van der Waals surface area contributed by atoms with Crippen LogP contribution in [-0.2, 0) is 9.53 Å². The summed E-state index contributed by atoms with van der Waals surface area (Å²) in [6.07, 6.45) is 3.18. The van der Waals surface area contributed by atoms with Crippen molar-refractivity contribution in [1.29, 1.82) is 0 Å². The van der Waals surface area contributed by atoms with Crippen LogP contribution in [0.15, 0.2) is 22.7 Å². The van der Waals surface area contributed by atoms with E-state index >= 15 is 0 Å². The van der Waals surface area contributed by atoms with Gasteiger partial charge in [0.15, 0.2) is 0 Å². The van der Waals surface area contributed by atoms with E-state index in [0.717, 1.165) is 25.9 Å². The van der Waals surface area contributed by atoms with Crippen LogP contribution in [0.4, 0.5) is 4.39 Å². The second kappa shape index (κ2) is 7.15. The second-order valence-corrected chi connectivity index (χ2v) is 5.81. The third-order valence-corrected chi connectivity index (χ3v) is 3.87. The fourth-order valence-electron chi connectivity index (χ4n) is 2.32. The van der Waals surface area contributed by atoms with Crippen molar-refractivity contribution >= 4 is 21.8 Å². The number of halogens is 2. The van der Waals surface area contributed by atoms with Crippen LogP contribution in [0.2, 0.25) is 0 Å². The van der Waals surface area contributed by atoms with Gasteiger partial charge in [0.1, 0.15) is 11.9 Å². The molecule has 1 fully saturated rings. The van der Waals surface area contributed by atoms with Gasteiger partial charge in [0.25, 0.3) is 0 Å². The monoisotopic (exact) mass is 344 g/mol. The molecule has 0 bridgehead atoms. The number of carbonyl (C=O) groups is 1. The van der Waals surface area contributed by atoms with Crippen LogP contribution < -0.4 is 11.1 Å². The van der Waals surface area contributed by atoms with Gasteiger partial charge in [-0.05, 0) is 31.4 Å². The molecule has 0 spiro atoms. The highest BCUT2D eigenvalue weighted by Crippen LogP contribution is 2.21. The van der Waals surface area contributed by atoms with Crippen molar-refractivity contribution in [2.45, 2.75) is 31.4 Å². The summed E-state index contributed by atoms with van der Waals surface area (Å²) < 4.78 is 20.1. The first-order valence-corrected chi connectivity index (χ1v) is 7.46. The quantitative estimate of drug-likeness (QED) is 0.861. The Hall–Kier alpha value is -0.980. The smallest absolute Gasteiger partial charge is 0.239 e. The Morgan fingerprint density at radius 2 is 2.35 bits per heavy atom. The molecule has 0 aliphatic carbocycles. The molecule has 110 valence electrons.